The Labute approximate surface area is 121 Å². The Bertz CT molecular complexity index is 658. The highest BCUT2D eigenvalue weighted by molar-refractivity contribution is 6.31. The summed E-state index contributed by atoms with van der Waals surface area (Å²) in [6.45, 7) is 0. The summed E-state index contributed by atoms with van der Waals surface area (Å²) in [6, 6.07) is 9.19. The molecular formula is C15H13ClFNO2. The predicted molar refractivity (Wildman–Crippen MR) is 76.9 cm³/mol. The van der Waals surface area contributed by atoms with Gasteiger partial charge in [-0.3, -0.25) is 4.79 Å². The molecule has 0 spiro atoms. The Hall–Kier alpha value is -2.07. The Morgan fingerprint density at radius 3 is 2.80 bits per heavy atom. The molecule has 0 heterocycles. The summed E-state index contributed by atoms with van der Waals surface area (Å²) in [5.41, 5.74) is 6.90. The maximum atomic E-state index is 13.3. The molecule has 20 heavy (non-hydrogen) atoms. The molecule has 2 aromatic rings. The molecule has 0 atom stereocenters. The van der Waals surface area contributed by atoms with Crippen molar-refractivity contribution in [1.29, 1.82) is 0 Å². The van der Waals surface area contributed by atoms with Crippen LogP contribution < -0.4 is 10.5 Å². The molecule has 5 heteroatoms. The van der Waals surface area contributed by atoms with Gasteiger partial charge in [0.2, 0.25) is 0 Å². The first-order valence-corrected chi connectivity index (χ1v) is 6.30. The van der Waals surface area contributed by atoms with Crippen LogP contribution in [-0.4, -0.2) is 12.9 Å². The number of hydrogen-bond acceptors (Lipinski definition) is 3. The van der Waals surface area contributed by atoms with Crippen LogP contribution in [0.4, 0.5) is 10.1 Å². The van der Waals surface area contributed by atoms with Gasteiger partial charge in [-0.2, -0.15) is 0 Å². The topological polar surface area (TPSA) is 52.3 Å². The second-order valence-electron chi connectivity index (χ2n) is 4.27. The highest BCUT2D eigenvalue weighted by Crippen LogP contribution is 2.24. The average Bonchev–Trinajstić information content (AvgIpc) is 2.44. The number of nitrogens with two attached hydrogens (primary N) is 1. The average molecular weight is 294 g/mol. The lowest BCUT2D eigenvalue weighted by molar-refractivity contribution is 0.0993. The highest BCUT2D eigenvalue weighted by Gasteiger charge is 2.15. The van der Waals surface area contributed by atoms with Crippen molar-refractivity contribution in [3.63, 3.8) is 0 Å². The first-order valence-electron chi connectivity index (χ1n) is 5.92. The van der Waals surface area contributed by atoms with Crippen LogP contribution in [0, 0.1) is 5.82 Å². The largest absolute Gasteiger partial charge is 0.497 e. The zero-order valence-electron chi connectivity index (χ0n) is 10.8. The van der Waals surface area contributed by atoms with Crippen LogP contribution in [0.25, 0.3) is 0 Å². The van der Waals surface area contributed by atoms with Gasteiger partial charge in [0, 0.05) is 17.7 Å². The number of nitrogen functional groups attached to an aromatic ring is 1. The molecular weight excluding hydrogens is 281 g/mol. The number of carbonyl (C=O) groups excluding carboxylic acids is 1. The Kier molecular flexibility index (Phi) is 4.25. The Morgan fingerprint density at radius 1 is 1.35 bits per heavy atom. The molecule has 0 aliphatic carbocycles. The van der Waals surface area contributed by atoms with Gasteiger partial charge in [-0.05, 0) is 29.8 Å². The van der Waals surface area contributed by atoms with Crippen molar-refractivity contribution in [3.05, 3.63) is 58.4 Å². The van der Waals surface area contributed by atoms with Crippen LogP contribution in [0.15, 0.2) is 36.4 Å². The lowest BCUT2D eigenvalue weighted by Gasteiger charge is -2.08. The van der Waals surface area contributed by atoms with Crippen LogP contribution in [0.5, 0.6) is 5.75 Å². The lowest BCUT2D eigenvalue weighted by atomic mass is 10.0. The number of anilines is 1. The molecule has 2 N–H and O–H groups in total. The van der Waals surface area contributed by atoms with Gasteiger partial charge < -0.3 is 10.5 Å². The monoisotopic (exact) mass is 293 g/mol. The second kappa shape index (κ2) is 5.92. The van der Waals surface area contributed by atoms with E-state index in [9.17, 15) is 9.18 Å². The number of hydrogen-bond donors (Lipinski definition) is 1. The number of halogens is 2. The smallest absolute Gasteiger partial charge is 0.169 e. The fraction of sp³-hybridized carbons (Fsp3) is 0.133. The summed E-state index contributed by atoms with van der Waals surface area (Å²) in [7, 11) is 1.50. The van der Waals surface area contributed by atoms with E-state index in [1.165, 1.54) is 19.2 Å². The number of ether oxygens (including phenoxy) is 1. The van der Waals surface area contributed by atoms with E-state index in [1.807, 2.05) is 0 Å². The van der Waals surface area contributed by atoms with Crippen molar-refractivity contribution in [2.75, 3.05) is 12.8 Å². The van der Waals surface area contributed by atoms with Gasteiger partial charge in [0.05, 0.1) is 12.1 Å². The van der Waals surface area contributed by atoms with E-state index in [0.29, 0.717) is 22.6 Å². The third kappa shape index (κ3) is 2.91. The van der Waals surface area contributed by atoms with Gasteiger partial charge in [-0.25, -0.2) is 4.39 Å². The molecule has 0 saturated heterocycles. The van der Waals surface area contributed by atoms with E-state index in [0.717, 1.165) is 0 Å². The van der Waals surface area contributed by atoms with Gasteiger partial charge in [0.25, 0.3) is 0 Å². The number of methoxy groups -OCH3 is 1. The fourth-order valence-corrected chi connectivity index (χ4v) is 2.05. The van der Waals surface area contributed by atoms with E-state index in [-0.39, 0.29) is 17.2 Å². The molecule has 0 bridgehead atoms. The van der Waals surface area contributed by atoms with Gasteiger partial charge in [-0.15, -0.1) is 0 Å². The van der Waals surface area contributed by atoms with Gasteiger partial charge in [-0.1, -0.05) is 23.7 Å². The summed E-state index contributed by atoms with van der Waals surface area (Å²) in [4.78, 5) is 12.2. The third-order valence-corrected chi connectivity index (χ3v) is 3.37. The van der Waals surface area contributed by atoms with Crippen LogP contribution in [0.1, 0.15) is 15.9 Å². The maximum absolute atomic E-state index is 13.3. The molecule has 0 fully saturated rings. The van der Waals surface area contributed by atoms with Crippen LogP contribution in [0.2, 0.25) is 5.02 Å². The SMILES string of the molecule is COc1ccc(N)c(C(=O)Cc2cccc(F)c2Cl)c1. The molecule has 0 unspecified atom stereocenters. The maximum Gasteiger partial charge on any atom is 0.169 e. The molecule has 0 aromatic heterocycles. The molecule has 0 radical (unpaired) electrons. The van der Waals surface area contributed by atoms with Crippen molar-refractivity contribution in [1.82, 2.24) is 0 Å². The van der Waals surface area contributed by atoms with Crippen molar-refractivity contribution >= 4 is 23.1 Å². The zero-order valence-corrected chi connectivity index (χ0v) is 11.6. The molecule has 2 aromatic carbocycles. The highest BCUT2D eigenvalue weighted by atomic mass is 35.5. The number of rotatable bonds is 4. The quantitative estimate of drug-likeness (QED) is 0.693. The standard InChI is InChI=1S/C15H13ClFNO2/c1-20-10-5-6-13(18)11(8-10)14(19)7-9-3-2-4-12(17)15(9)16/h2-6,8H,7,18H2,1H3. The summed E-state index contributed by atoms with van der Waals surface area (Å²) in [6.07, 6.45) is -0.0199. The predicted octanol–water partition coefficient (Wildman–Crippen LogP) is 3.50. The lowest BCUT2D eigenvalue weighted by Crippen LogP contribution is -2.08. The first kappa shape index (κ1) is 14.3. The van der Waals surface area contributed by atoms with Crippen LogP contribution in [-0.2, 0) is 6.42 Å². The van der Waals surface area contributed by atoms with Crippen LogP contribution >= 0.6 is 11.6 Å². The number of benzene rings is 2. The summed E-state index contributed by atoms with van der Waals surface area (Å²) < 4.78 is 18.4. The van der Waals surface area contributed by atoms with Gasteiger partial charge in [0.15, 0.2) is 5.78 Å². The normalized spacial score (nSPS) is 10.3. The molecule has 0 amide bonds. The van der Waals surface area contributed by atoms with Crippen molar-refractivity contribution in [3.8, 4) is 5.75 Å². The van der Waals surface area contributed by atoms with Gasteiger partial charge >= 0.3 is 0 Å². The first-order chi connectivity index (χ1) is 9.52. The van der Waals surface area contributed by atoms with Gasteiger partial charge in [0.1, 0.15) is 11.6 Å². The zero-order chi connectivity index (χ0) is 14.7. The minimum absolute atomic E-state index is 0.0199. The minimum atomic E-state index is -0.546. The van der Waals surface area contributed by atoms with Crippen molar-refractivity contribution in [2.45, 2.75) is 6.42 Å². The number of carbonyl (C=O) groups is 1. The summed E-state index contributed by atoms with van der Waals surface area (Å²) >= 11 is 5.84. The Morgan fingerprint density at radius 2 is 2.10 bits per heavy atom. The van der Waals surface area contributed by atoms with Crippen molar-refractivity contribution < 1.29 is 13.9 Å². The molecule has 2 rings (SSSR count). The summed E-state index contributed by atoms with van der Waals surface area (Å²) in [5, 5.41) is -0.0395. The minimum Gasteiger partial charge on any atom is -0.497 e. The Balaban J connectivity index is 2.30. The summed E-state index contributed by atoms with van der Waals surface area (Å²) in [5.74, 6) is -0.252. The van der Waals surface area contributed by atoms with E-state index in [1.54, 1.807) is 24.3 Å². The number of Topliss-reactive ketones (excluding diaryl/α,β-unsaturated/α-hetero) is 1. The van der Waals surface area contributed by atoms with Crippen molar-refractivity contribution in [2.24, 2.45) is 0 Å². The second-order valence-corrected chi connectivity index (χ2v) is 4.64. The van der Waals surface area contributed by atoms with Crippen LogP contribution in [0.3, 0.4) is 0 Å². The molecule has 104 valence electrons. The molecule has 3 nitrogen and oxygen atoms in total. The fourth-order valence-electron chi connectivity index (χ4n) is 1.86. The van der Waals surface area contributed by atoms with E-state index < -0.39 is 5.82 Å². The molecule has 0 aliphatic rings. The van der Waals surface area contributed by atoms with E-state index in [2.05, 4.69) is 0 Å². The molecule has 0 saturated carbocycles. The van der Waals surface area contributed by atoms with E-state index >= 15 is 0 Å². The van der Waals surface area contributed by atoms with E-state index in [4.69, 9.17) is 22.1 Å². The third-order valence-electron chi connectivity index (χ3n) is 2.94. The molecule has 0 aliphatic heterocycles. The number of ketones is 1.